The molecule has 0 unspecified atom stereocenters. The maximum atomic E-state index is 12.6. The van der Waals surface area contributed by atoms with E-state index in [2.05, 4.69) is 16.0 Å². The van der Waals surface area contributed by atoms with Crippen LogP contribution in [0.2, 0.25) is 0 Å². The number of hydrogen-bond donors (Lipinski definition) is 2. The van der Waals surface area contributed by atoms with Crippen molar-refractivity contribution in [2.45, 2.75) is 45.6 Å². The first kappa shape index (κ1) is 17.7. The first-order valence-electron chi connectivity index (χ1n) is 9.65. The summed E-state index contributed by atoms with van der Waals surface area (Å²) in [6.07, 6.45) is 5.34. The van der Waals surface area contributed by atoms with Crippen LogP contribution in [0.15, 0.2) is 29.1 Å². The minimum absolute atomic E-state index is 0.132. The minimum Gasteiger partial charge on any atom is -0.273 e. The molecule has 2 aliphatic rings. The van der Waals surface area contributed by atoms with Crippen LogP contribution >= 0.6 is 0 Å². The molecule has 2 saturated carbocycles. The van der Waals surface area contributed by atoms with Gasteiger partial charge in [-0.2, -0.15) is 5.10 Å². The fourth-order valence-corrected chi connectivity index (χ4v) is 4.72. The summed E-state index contributed by atoms with van der Waals surface area (Å²) in [5.41, 5.74) is 4.88. The Morgan fingerprint density at radius 2 is 1.93 bits per heavy atom. The van der Waals surface area contributed by atoms with Crippen LogP contribution < -0.4 is 16.4 Å². The number of aromatic nitrogens is 2. The third-order valence-corrected chi connectivity index (χ3v) is 6.03. The van der Waals surface area contributed by atoms with E-state index in [0.717, 1.165) is 12.3 Å². The zero-order chi connectivity index (χ0) is 19.0. The summed E-state index contributed by atoms with van der Waals surface area (Å²) in [6.45, 7) is 2.16. The van der Waals surface area contributed by atoms with Gasteiger partial charge in [0.2, 0.25) is 5.91 Å². The largest absolute Gasteiger partial charge is 0.290 e. The van der Waals surface area contributed by atoms with E-state index < -0.39 is 5.91 Å². The second-order valence-corrected chi connectivity index (χ2v) is 7.66. The lowest BCUT2D eigenvalue weighted by Gasteiger charge is -2.21. The molecule has 2 bridgehead atoms. The number of hydrazine groups is 1. The molecular formula is C20H24N4O3. The molecule has 1 aromatic heterocycles. The van der Waals surface area contributed by atoms with E-state index >= 15 is 0 Å². The van der Waals surface area contributed by atoms with Gasteiger partial charge in [0.15, 0.2) is 5.69 Å². The third kappa shape index (κ3) is 3.34. The van der Waals surface area contributed by atoms with Crippen molar-refractivity contribution in [1.82, 2.24) is 20.6 Å². The quantitative estimate of drug-likeness (QED) is 0.808. The smallest absolute Gasteiger partial charge is 0.273 e. The van der Waals surface area contributed by atoms with Gasteiger partial charge in [-0.1, -0.05) is 24.6 Å². The Labute approximate surface area is 157 Å². The molecule has 0 radical (unpaired) electrons. The second-order valence-electron chi connectivity index (χ2n) is 7.66. The Bertz CT molecular complexity index is 952. The Morgan fingerprint density at radius 1 is 1.15 bits per heavy atom. The number of amides is 2. The minimum atomic E-state index is -0.519. The lowest BCUT2D eigenvalue weighted by atomic mass is 9.86. The van der Waals surface area contributed by atoms with Gasteiger partial charge in [-0.3, -0.25) is 25.2 Å². The summed E-state index contributed by atoms with van der Waals surface area (Å²) in [5, 5.41) is 5.09. The number of aryl methyl sites for hydroxylation is 1. The first-order chi connectivity index (χ1) is 13.1. The average molecular weight is 368 g/mol. The number of nitrogens with zero attached hydrogens (tertiary/aromatic N) is 2. The van der Waals surface area contributed by atoms with Gasteiger partial charge in [0.1, 0.15) is 0 Å². The highest BCUT2D eigenvalue weighted by Crippen LogP contribution is 2.49. The van der Waals surface area contributed by atoms with Crippen molar-refractivity contribution in [3.05, 3.63) is 40.3 Å². The zero-order valence-electron chi connectivity index (χ0n) is 15.4. The van der Waals surface area contributed by atoms with Crippen molar-refractivity contribution in [1.29, 1.82) is 0 Å². The highest BCUT2D eigenvalue weighted by Gasteiger charge is 2.40. The van der Waals surface area contributed by atoms with Gasteiger partial charge >= 0.3 is 0 Å². The van der Waals surface area contributed by atoms with Crippen molar-refractivity contribution in [3.8, 4) is 0 Å². The number of carbonyl (C=O) groups excluding carboxylic acids is 2. The van der Waals surface area contributed by atoms with Gasteiger partial charge < -0.3 is 0 Å². The Hall–Kier alpha value is -2.70. The molecule has 4 rings (SSSR count). The zero-order valence-corrected chi connectivity index (χ0v) is 15.4. The molecule has 142 valence electrons. The van der Waals surface area contributed by atoms with Crippen LogP contribution in [0, 0.1) is 17.8 Å². The Morgan fingerprint density at radius 3 is 2.59 bits per heavy atom. The molecule has 0 aliphatic heterocycles. The number of benzene rings is 1. The van der Waals surface area contributed by atoms with Crippen molar-refractivity contribution in [3.63, 3.8) is 0 Å². The van der Waals surface area contributed by atoms with E-state index in [9.17, 15) is 14.4 Å². The number of carbonyl (C=O) groups is 2. The SMILES string of the molecule is CCn1nc(C(=O)NNC(=O)C[C@H]2C[C@@H]3CC[C@@H]2C3)c2ccccc2c1=O. The van der Waals surface area contributed by atoms with Gasteiger partial charge in [-0.15, -0.1) is 0 Å². The summed E-state index contributed by atoms with van der Waals surface area (Å²) >= 11 is 0. The predicted octanol–water partition coefficient (Wildman–Crippen LogP) is 2.00. The van der Waals surface area contributed by atoms with Gasteiger partial charge in [0.25, 0.3) is 11.5 Å². The molecule has 3 atom stereocenters. The lowest BCUT2D eigenvalue weighted by Crippen LogP contribution is -2.43. The summed E-state index contributed by atoms with van der Waals surface area (Å²) in [7, 11) is 0. The van der Waals surface area contributed by atoms with Crippen LogP contribution in [-0.2, 0) is 11.3 Å². The van der Waals surface area contributed by atoms with E-state index in [1.54, 1.807) is 31.2 Å². The van der Waals surface area contributed by atoms with Crippen LogP contribution in [0.25, 0.3) is 10.8 Å². The average Bonchev–Trinajstić information content (AvgIpc) is 3.30. The van der Waals surface area contributed by atoms with Crippen molar-refractivity contribution in [2.75, 3.05) is 0 Å². The highest BCUT2D eigenvalue weighted by molar-refractivity contribution is 6.05. The molecule has 2 amide bonds. The van der Waals surface area contributed by atoms with E-state index in [0.29, 0.717) is 35.6 Å². The van der Waals surface area contributed by atoms with Gasteiger partial charge in [-0.05, 0) is 50.0 Å². The monoisotopic (exact) mass is 368 g/mol. The number of nitrogens with one attached hydrogen (secondary N) is 2. The predicted molar refractivity (Wildman–Crippen MR) is 101 cm³/mol. The van der Waals surface area contributed by atoms with Crippen LogP contribution in [0.1, 0.15) is 49.5 Å². The van der Waals surface area contributed by atoms with Gasteiger partial charge in [-0.25, -0.2) is 4.68 Å². The molecular weight excluding hydrogens is 344 g/mol. The van der Waals surface area contributed by atoms with Crippen LogP contribution in [0.5, 0.6) is 0 Å². The molecule has 2 aliphatic carbocycles. The lowest BCUT2D eigenvalue weighted by molar-refractivity contribution is -0.123. The maximum absolute atomic E-state index is 12.6. The summed E-state index contributed by atoms with van der Waals surface area (Å²) < 4.78 is 1.26. The fourth-order valence-electron chi connectivity index (χ4n) is 4.72. The summed E-state index contributed by atoms with van der Waals surface area (Å²) in [6, 6.07) is 6.87. The fraction of sp³-hybridized carbons (Fsp3) is 0.500. The number of rotatable bonds is 4. The summed E-state index contributed by atoms with van der Waals surface area (Å²) in [4.78, 5) is 37.2. The maximum Gasteiger partial charge on any atom is 0.290 e. The van der Waals surface area contributed by atoms with Crippen LogP contribution in [-0.4, -0.2) is 21.6 Å². The third-order valence-electron chi connectivity index (χ3n) is 6.03. The molecule has 2 aromatic rings. The molecule has 1 heterocycles. The molecule has 7 nitrogen and oxygen atoms in total. The number of fused-ring (bicyclic) bond motifs is 3. The highest BCUT2D eigenvalue weighted by atomic mass is 16.2. The Kier molecular flexibility index (Phi) is 4.68. The molecule has 7 heteroatoms. The van der Waals surface area contributed by atoms with Crippen LogP contribution in [0.3, 0.4) is 0 Å². The molecule has 0 saturated heterocycles. The molecule has 27 heavy (non-hydrogen) atoms. The second kappa shape index (κ2) is 7.13. The molecule has 1 aromatic carbocycles. The van der Waals surface area contributed by atoms with Crippen molar-refractivity contribution in [2.24, 2.45) is 17.8 Å². The topological polar surface area (TPSA) is 93.1 Å². The van der Waals surface area contributed by atoms with Crippen LogP contribution in [0.4, 0.5) is 0 Å². The first-order valence-corrected chi connectivity index (χ1v) is 9.65. The molecule has 2 fully saturated rings. The van der Waals surface area contributed by atoms with E-state index in [-0.39, 0.29) is 17.2 Å². The Balaban J connectivity index is 1.46. The van der Waals surface area contributed by atoms with Crippen molar-refractivity contribution < 1.29 is 9.59 Å². The van der Waals surface area contributed by atoms with Gasteiger partial charge in [0.05, 0.1) is 5.39 Å². The van der Waals surface area contributed by atoms with E-state index in [1.165, 1.54) is 23.9 Å². The van der Waals surface area contributed by atoms with Crippen molar-refractivity contribution >= 4 is 22.6 Å². The standard InChI is InChI=1S/C20H24N4O3/c1-2-24-20(27)16-6-4-3-5-15(16)18(23-24)19(26)22-21-17(25)11-14-10-12-7-8-13(14)9-12/h3-6,12-14H,2,7-11H2,1H3,(H,21,25)(H,22,26)/t12-,13-,14-/m1/s1. The normalized spacial score (nSPS) is 23.5. The van der Waals surface area contributed by atoms with Gasteiger partial charge in [0, 0.05) is 18.4 Å². The number of hydrogen-bond acceptors (Lipinski definition) is 4. The van der Waals surface area contributed by atoms with E-state index in [1.807, 2.05) is 0 Å². The molecule has 0 spiro atoms. The summed E-state index contributed by atoms with van der Waals surface area (Å²) in [5.74, 6) is 1.19. The van der Waals surface area contributed by atoms with E-state index in [4.69, 9.17) is 0 Å². The molecule has 2 N–H and O–H groups in total.